The second-order valence-electron chi connectivity index (χ2n) is 5.38. The third-order valence-corrected chi connectivity index (χ3v) is 3.45. The lowest BCUT2D eigenvalue weighted by molar-refractivity contribution is -0.131. The molecule has 0 atom stereocenters. The fourth-order valence-corrected chi connectivity index (χ4v) is 2.28. The predicted octanol–water partition coefficient (Wildman–Crippen LogP) is 4.21. The average molecular weight is 348 g/mol. The van der Waals surface area contributed by atoms with Gasteiger partial charge in [0.2, 0.25) is 0 Å². The van der Waals surface area contributed by atoms with Gasteiger partial charge in [-0.15, -0.1) is 13.2 Å². The molecule has 2 aromatic carbocycles. The second-order valence-corrected chi connectivity index (χ2v) is 5.38. The lowest BCUT2D eigenvalue weighted by atomic mass is 10.1. The number of hydrogen-bond donors (Lipinski definition) is 0. The summed E-state index contributed by atoms with van der Waals surface area (Å²) < 4.78 is 10.5. The van der Waals surface area contributed by atoms with Crippen LogP contribution in [0, 0.1) is 0 Å². The molecule has 0 aliphatic carbocycles. The SMILES string of the molecule is C=CCc1ccccc1OC(=O)/C=C/C(=O)Oc1ccccc1CC=C. The van der Waals surface area contributed by atoms with Crippen molar-refractivity contribution in [3.63, 3.8) is 0 Å². The highest BCUT2D eigenvalue weighted by Crippen LogP contribution is 2.20. The van der Waals surface area contributed by atoms with Crippen LogP contribution in [0.4, 0.5) is 0 Å². The second kappa shape index (κ2) is 9.79. The summed E-state index contributed by atoms with van der Waals surface area (Å²) >= 11 is 0. The van der Waals surface area contributed by atoms with Crippen molar-refractivity contribution in [3.8, 4) is 11.5 Å². The lowest BCUT2D eigenvalue weighted by Gasteiger charge is -2.07. The molecule has 0 N–H and O–H groups in total. The van der Waals surface area contributed by atoms with E-state index in [0.717, 1.165) is 23.3 Å². The molecule has 0 unspecified atom stereocenters. The zero-order valence-corrected chi connectivity index (χ0v) is 14.4. The van der Waals surface area contributed by atoms with Crippen LogP contribution in [0.3, 0.4) is 0 Å². The summed E-state index contributed by atoms with van der Waals surface area (Å²) in [6.07, 6.45) is 6.69. The molecule has 0 spiro atoms. The minimum Gasteiger partial charge on any atom is -0.423 e. The molecule has 0 aliphatic heterocycles. The monoisotopic (exact) mass is 348 g/mol. The Labute approximate surface area is 153 Å². The van der Waals surface area contributed by atoms with Crippen molar-refractivity contribution < 1.29 is 19.1 Å². The van der Waals surface area contributed by atoms with Crippen molar-refractivity contribution in [3.05, 3.63) is 97.1 Å². The molecule has 0 amide bonds. The third-order valence-electron chi connectivity index (χ3n) is 3.45. The maximum atomic E-state index is 11.9. The number of para-hydroxylation sites is 2. The molecule has 4 heteroatoms. The summed E-state index contributed by atoms with van der Waals surface area (Å²) in [5.74, 6) is -0.436. The Kier molecular flexibility index (Phi) is 7.13. The van der Waals surface area contributed by atoms with E-state index >= 15 is 0 Å². The van der Waals surface area contributed by atoms with Crippen molar-refractivity contribution in [1.82, 2.24) is 0 Å². The molecule has 26 heavy (non-hydrogen) atoms. The number of allylic oxidation sites excluding steroid dienone is 2. The number of carbonyl (C=O) groups excluding carboxylic acids is 2. The van der Waals surface area contributed by atoms with Crippen molar-refractivity contribution in [1.29, 1.82) is 0 Å². The molecule has 4 nitrogen and oxygen atoms in total. The standard InChI is InChI=1S/C22H20O4/c1-3-9-17-11-5-7-13-19(17)25-21(23)15-16-22(24)26-20-14-8-6-12-18(20)10-4-2/h3-8,11-16H,1-2,9-10H2/b16-15+. The normalized spacial score (nSPS) is 10.3. The summed E-state index contributed by atoms with van der Waals surface area (Å²) in [4.78, 5) is 23.9. The maximum absolute atomic E-state index is 11.9. The van der Waals surface area contributed by atoms with E-state index in [-0.39, 0.29) is 0 Å². The Morgan fingerprint density at radius 1 is 0.731 bits per heavy atom. The number of rotatable bonds is 8. The molecule has 0 bridgehead atoms. The Bertz CT molecular complexity index is 764. The maximum Gasteiger partial charge on any atom is 0.336 e. The van der Waals surface area contributed by atoms with Crippen molar-refractivity contribution in [2.24, 2.45) is 0 Å². The van der Waals surface area contributed by atoms with Crippen LogP contribution in [0.2, 0.25) is 0 Å². The Hall–Kier alpha value is -3.40. The topological polar surface area (TPSA) is 52.6 Å². The Balaban J connectivity index is 1.99. The van der Waals surface area contributed by atoms with Gasteiger partial charge in [-0.3, -0.25) is 0 Å². The van der Waals surface area contributed by atoms with E-state index in [4.69, 9.17) is 9.47 Å². The first kappa shape index (κ1) is 18.9. The van der Waals surface area contributed by atoms with Gasteiger partial charge in [-0.2, -0.15) is 0 Å². The molecular formula is C22H20O4. The van der Waals surface area contributed by atoms with E-state index in [1.165, 1.54) is 0 Å². The van der Waals surface area contributed by atoms with Gasteiger partial charge < -0.3 is 9.47 Å². The molecule has 0 fully saturated rings. The average Bonchev–Trinajstić information content (AvgIpc) is 2.64. The molecule has 0 aliphatic rings. The highest BCUT2D eigenvalue weighted by Gasteiger charge is 2.08. The van der Waals surface area contributed by atoms with Gasteiger partial charge in [0.05, 0.1) is 0 Å². The van der Waals surface area contributed by atoms with E-state index in [1.54, 1.807) is 36.4 Å². The van der Waals surface area contributed by atoms with Crippen LogP contribution in [0.25, 0.3) is 0 Å². The van der Waals surface area contributed by atoms with Gasteiger partial charge in [0.1, 0.15) is 11.5 Å². The van der Waals surface area contributed by atoms with Gasteiger partial charge in [0.15, 0.2) is 0 Å². The van der Waals surface area contributed by atoms with Crippen LogP contribution >= 0.6 is 0 Å². The Morgan fingerprint density at radius 3 is 1.50 bits per heavy atom. The molecule has 0 saturated heterocycles. The largest absolute Gasteiger partial charge is 0.423 e. The summed E-state index contributed by atoms with van der Waals surface area (Å²) in [5.41, 5.74) is 1.68. The van der Waals surface area contributed by atoms with Crippen LogP contribution in [-0.4, -0.2) is 11.9 Å². The van der Waals surface area contributed by atoms with Gasteiger partial charge in [-0.1, -0.05) is 48.6 Å². The smallest absolute Gasteiger partial charge is 0.336 e. The molecular weight excluding hydrogens is 328 g/mol. The zero-order chi connectivity index (χ0) is 18.8. The molecule has 0 aromatic heterocycles. The van der Waals surface area contributed by atoms with Crippen molar-refractivity contribution in [2.45, 2.75) is 12.8 Å². The van der Waals surface area contributed by atoms with Gasteiger partial charge in [0, 0.05) is 12.2 Å². The van der Waals surface area contributed by atoms with E-state index in [1.807, 2.05) is 24.3 Å². The molecule has 2 rings (SSSR count). The lowest BCUT2D eigenvalue weighted by Crippen LogP contribution is -2.09. The van der Waals surface area contributed by atoms with Crippen molar-refractivity contribution in [2.75, 3.05) is 0 Å². The van der Waals surface area contributed by atoms with E-state index < -0.39 is 11.9 Å². The van der Waals surface area contributed by atoms with Crippen molar-refractivity contribution >= 4 is 11.9 Å². The summed E-state index contributed by atoms with van der Waals surface area (Å²) in [7, 11) is 0. The van der Waals surface area contributed by atoms with Crippen LogP contribution in [-0.2, 0) is 22.4 Å². The third kappa shape index (κ3) is 5.60. The van der Waals surface area contributed by atoms with E-state index in [0.29, 0.717) is 24.3 Å². The Morgan fingerprint density at radius 2 is 1.12 bits per heavy atom. The number of esters is 2. The van der Waals surface area contributed by atoms with Crippen LogP contribution in [0.5, 0.6) is 11.5 Å². The summed E-state index contributed by atoms with van der Waals surface area (Å²) in [6.45, 7) is 7.35. The predicted molar refractivity (Wildman–Crippen MR) is 101 cm³/mol. The molecule has 0 saturated carbocycles. The first-order chi connectivity index (χ1) is 12.6. The fourth-order valence-electron chi connectivity index (χ4n) is 2.28. The minimum atomic E-state index is -0.655. The first-order valence-corrected chi connectivity index (χ1v) is 8.13. The number of benzene rings is 2. The van der Waals surface area contributed by atoms with Gasteiger partial charge >= 0.3 is 11.9 Å². The highest BCUT2D eigenvalue weighted by atomic mass is 16.5. The van der Waals surface area contributed by atoms with Crippen LogP contribution in [0.15, 0.2) is 86.0 Å². The zero-order valence-electron chi connectivity index (χ0n) is 14.4. The van der Waals surface area contributed by atoms with Gasteiger partial charge in [0.25, 0.3) is 0 Å². The quantitative estimate of drug-likeness (QED) is 0.310. The number of ether oxygens (including phenoxy) is 2. The summed E-state index contributed by atoms with van der Waals surface area (Å²) in [6, 6.07) is 14.3. The van der Waals surface area contributed by atoms with E-state index in [9.17, 15) is 9.59 Å². The fraction of sp³-hybridized carbons (Fsp3) is 0.0909. The highest BCUT2D eigenvalue weighted by molar-refractivity contribution is 5.93. The molecule has 0 heterocycles. The number of hydrogen-bond acceptors (Lipinski definition) is 4. The van der Waals surface area contributed by atoms with E-state index in [2.05, 4.69) is 13.2 Å². The molecule has 132 valence electrons. The van der Waals surface area contributed by atoms with Gasteiger partial charge in [-0.25, -0.2) is 9.59 Å². The summed E-state index contributed by atoms with van der Waals surface area (Å²) in [5, 5.41) is 0. The first-order valence-electron chi connectivity index (χ1n) is 8.13. The molecule has 0 radical (unpaired) electrons. The number of carbonyl (C=O) groups is 2. The minimum absolute atomic E-state index is 0.437. The molecule has 2 aromatic rings. The van der Waals surface area contributed by atoms with Crippen LogP contribution in [0.1, 0.15) is 11.1 Å². The van der Waals surface area contributed by atoms with Gasteiger partial charge in [-0.05, 0) is 36.1 Å². The van der Waals surface area contributed by atoms with Crippen LogP contribution < -0.4 is 9.47 Å².